The molecule has 1 aliphatic heterocycles. The summed E-state index contributed by atoms with van der Waals surface area (Å²) < 4.78 is 12.9. The summed E-state index contributed by atoms with van der Waals surface area (Å²) in [7, 11) is 1.99. The van der Waals surface area contributed by atoms with E-state index < -0.39 is 0 Å². The highest BCUT2D eigenvalue weighted by Gasteiger charge is 2.17. The molecular formula is C16H21NO2S. The van der Waals surface area contributed by atoms with E-state index in [4.69, 9.17) is 9.47 Å². The lowest BCUT2D eigenvalue weighted by Gasteiger charge is -2.11. The van der Waals surface area contributed by atoms with E-state index >= 15 is 0 Å². The number of ether oxygens (including phenoxy) is 2. The van der Waals surface area contributed by atoms with Crippen LogP contribution in [0.15, 0.2) is 24.3 Å². The second kappa shape index (κ2) is 6.68. The summed E-state index contributed by atoms with van der Waals surface area (Å²) in [4.78, 5) is 1.38. The van der Waals surface area contributed by atoms with Gasteiger partial charge < -0.3 is 14.8 Å². The Hall–Kier alpha value is -0.940. The molecule has 1 fully saturated rings. The van der Waals surface area contributed by atoms with E-state index in [1.165, 1.54) is 26.9 Å². The zero-order valence-electron chi connectivity index (χ0n) is 11.9. The molecule has 3 rings (SSSR count). The molecule has 1 aliphatic rings. The molecule has 0 radical (unpaired) electrons. The van der Waals surface area contributed by atoms with Crippen LogP contribution in [0.3, 0.4) is 0 Å². The van der Waals surface area contributed by atoms with E-state index in [2.05, 4.69) is 29.6 Å². The Morgan fingerprint density at radius 3 is 3.10 bits per heavy atom. The quantitative estimate of drug-likeness (QED) is 0.885. The second-order valence-corrected chi connectivity index (χ2v) is 6.32. The van der Waals surface area contributed by atoms with Crippen LogP contribution in [-0.4, -0.2) is 26.4 Å². The van der Waals surface area contributed by atoms with Crippen molar-refractivity contribution in [2.75, 3.05) is 20.3 Å². The first-order valence-electron chi connectivity index (χ1n) is 7.21. The van der Waals surface area contributed by atoms with Gasteiger partial charge in [0.1, 0.15) is 0 Å². The van der Waals surface area contributed by atoms with Crippen molar-refractivity contribution in [3.05, 3.63) is 34.7 Å². The van der Waals surface area contributed by atoms with Crippen LogP contribution < -0.4 is 5.32 Å². The Kier molecular flexibility index (Phi) is 4.68. The molecule has 3 nitrogen and oxygen atoms in total. The number of hydrogen-bond donors (Lipinski definition) is 1. The van der Waals surface area contributed by atoms with Gasteiger partial charge in [-0.3, -0.25) is 0 Å². The van der Waals surface area contributed by atoms with Crippen molar-refractivity contribution in [1.82, 2.24) is 5.32 Å². The van der Waals surface area contributed by atoms with E-state index in [9.17, 15) is 0 Å². The van der Waals surface area contributed by atoms with Crippen molar-refractivity contribution in [1.29, 1.82) is 0 Å². The highest BCUT2D eigenvalue weighted by Crippen LogP contribution is 2.32. The molecule has 0 saturated carbocycles. The molecule has 2 heterocycles. The molecule has 1 N–H and O–H groups in total. The molecule has 108 valence electrons. The average Bonchev–Trinajstić information content (AvgIpc) is 3.08. The zero-order valence-corrected chi connectivity index (χ0v) is 12.7. The summed E-state index contributed by atoms with van der Waals surface area (Å²) in [6.07, 6.45) is 2.60. The van der Waals surface area contributed by atoms with E-state index in [0.29, 0.717) is 19.3 Å². The van der Waals surface area contributed by atoms with Gasteiger partial charge in [0.2, 0.25) is 0 Å². The molecule has 0 amide bonds. The first kappa shape index (κ1) is 14.0. The van der Waals surface area contributed by atoms with Gasteiger partial charge in [0, 0.05) is 28.3 Å². The monoisotopic (exact) mass is 291 g/mol. The van der Waals surface area contributed by atoms with Crippen LogP contribution in [0.2, 0.25) is 0 Å². The number of benzene rings is 1. The fraction of sp³-hybridized carbons (Fsp3) is 0.500. The first-order valence-corrected chi connectivity index (χ1v) is 8.03. The molecule has 1 saturated heterocycles. The topological polar surface area (TPSA) is 30.5 Å². The van der Waals surface area contributed by atoms with Gasteiger partial charge in [-0.2, -0.15) is 0 Å². The van der Waals surface area contributed by atoms with Gasteiger partial charge >= 0.3 is 0 Å². The minimum absolute atomic E-state index is 0.299. The van der Waals surface area contributed by atoms with Crippen LogP contribution >= 0.6 is 11.3 Å². The van der Waals surface area contributed by atoms with Crippen LogP contribution in [-0.2, 0) is 22.6 Å². The van der Waals surface area contributed by atoms with Crippen molar-refractivity contribution in [3.8, 4) is 0 Å². The number of rotatable bonds is 6. The van der Waals surface area contributed by atoms with Crippen LogP contribution in [0.5, 0.6) is 0 Å². The minimum atomic E-state index is 0.299. The maximum atomic E-state index is 5.91. The lowest BCUT2D eigenvalue weighted by Crippen LogP contribution is -2.14. The van der Waals surface area contributed by atoms with Crippen molar-refractivity contribution >= 4 is 21.4 Å². The second-order valence-electron chi connectivity index (χ2n) is 5.18. The van der Waals surface area contributed by atoms with Gasteiger partial charge in [0.05, 0.1) is 19.3 Å². The van der Waals surface area contributed by atoms with Gasteiger partial charge in [0.25, 0.3) is 0 Å². The van der Waals surface area contributed by atoms with Crippen LogP contribution in [0, 0.1) is 0 Å². The van der Waals surface area contributed by atoms with Gasteiger partial charge in [-0.05, 0) is 31.3 Å². The molecule has 0 aliphatic carbocycles. The summed E-state index contributed by atoms with van der Waals surface area (Å²) in [5.41, 5.74) is 1.33. The van der Waals surface area contributed by atoms with Crippen LogP contribution in [0.1, 0.15) is 23.3 Å². The largest absolute Gasteiger partial charge is 0.376 e. The zero-order chi connectivity index (χ0) is 13.8. The Morgan fingerprint density at radius 1 is 1.40 bits per heavy atom. The number of nitrogens with one attached hydrogen (secondary N) is 1. The standard InChI is InChI=1S/C16H21NO2S/c1-17-9-16-14(11-18-10-12-5-4-8-19-12)13-6-2-3-7-15(13)20-16/h2-3,6-7,12,17H,4-5,8-11H2,1H3. The predicted octanol–water partition coefficient (Wildman–Crippen LogP) is 3.32. The molecule has 0 spiro atoms. The Bertz CT molecular complexity index is 561. The molecule has 1 aromatic heterocycles. The van der Waals surface area contributed by atoms with Gasteiger partial charge in [-0.1, -0.05) is 18.2 Å². The van der Waals surface area contributed by atoms with Gasteiger partial charge in [-0.15, -0.1) is 11.3 Å². The highest BCUT2D eigenvalue weighted by atomic mass is 32.1. The Morgan fingerprint density at radius 2 is 2.30 bits per heavy atom. The maximum absolute atomic E-state index is 5.91. The van der Waals surface area contributed by atoms with E-state index in [0.717, 1.165) is 19.6 Å². The average molecular weight is 291 g/mol. The third-order valence-corrected chi connectivity index (χ3v) is 4.91. The third kappa shape index (κ3) is 3.04. The van der Waals surface area contributed by atoms with Gasteiger partial charge in [0.15, 0.2) is 0 Å². The lowest BCUT2D eigenvalue weighted by molar-refractivity contribution is 0.0108. The number of thiophene rings is 1. The third-order valence-electron chi connectivity index (χ3n) is 3.69. The van der Waals surface area contributed by atoms with Crippen molar-refractivity contribution < 1.29 is 9.47 Å². The fourth-order valence-corrected chi connectivity index (χ4v) is 3.90. The normalized spacial score (nSPS) is 18.9. The summed E-state index contributed by atoms with van der Waals surface area (Å²) in [5.74, 6) is 0. The Labute approximate surface area is 123 Å². The van der Waals surface area contributed by atoms with E-state index in [-0.39, 0.29) is 0 Å². The summed E-state index contributed by atoms with van der Waals surface area (Å²) >= 11 is 1.86. The van der Waals surface area contributed by atoms with Crippen molar-refractivity contribution in [3.63, 3.8) is 0 Å². The maximum Gasteiger partial charge on any atom is 0.0809 e. The molecule has 20 heavy (non-hydrogen) atoms. The van der Waals surface area contributed by atoms with E-state index in [1.54, 1.807) is 0 Å². The molecule has 1 atom stereocenters. The van der Waals surface area contributed by atoms with Crippen LogP contribution in [0.4, 0.5) is 0 Å². The highest BCUT2D eigenvalue weighted by molar-refractivity contribution is 7.19. The summed E-state index contributed by atoms with van der Waals surface area (Å²) in [6.45, 7) is 3.18. The van der Waals surface area contributed by atoms with Crippen molar-refractivity contribution in [2.45, 2.75) is 32.1 Å². The summed E-state index contributed by atoms with van der Waals surface area (Å²) in [5, 5.41) is 4.58. The smallest absolute Gasteiger partial charge is 0.0809 e. The van der Waals surface area contributed by atoms with Crippen LogP contribution in [0.25, 0.3) is 10.1 Å². The minimum Gasteiger partial charge on any atom is -0.376 e. The van der Waals surface area contributed by atoms with Gasteiger partial charge in [-0.25, -0.2) is 0 Å². The first-order chi connectivity index (χ1) is 9.88. The molecule has 1 unspecified atom stereocenters. The molecule has 1 aromatic carbocycles. The predicted molar refractivity (Wildman–Crippen MR) is 83.2 cm³/mol. The number of hydrogen-bond acceptors (Lipinski definition) is 4. The van der Waals surface area contributed by atoms with Crippen molar-refractivity contribution in [2.24, 2.45) is 0 Å². The summed E-state index contributed by atoms with van der Waals surface area (Å²) in [6, 6.07) is 8.57. The molecule has 4 heteroatoms. The molecule has 0 bridgehead atoms. The lowest BCUT2D eigenvalue weighted by atomic mass is 10.1. The van der Waals surface area contributed by atoms with E-state index in [1.807, 2.05) is 18.4 Å². The molecule has 2 aromatic rings. The fourth-order valence-electron chi connectivity index (χ4n) is 2.68. The molecular weight excluding hydrogens is 270 g/mol. The Balaban J connectivity index is 1.72. The number of fused-ring (bicyclic) bond motifs is 1. The SMILES string of the molecule is CNCc1sc2ccccc2c1COCC1CCCO1.